The van der Waals surface area contributed by atoms with Crippen LogP contribution in [-0.2, 0) is 12.8 Å². The van der Waals surface area contributed by atoms with Crippen LogP contribution in [0.25, 0.3) is 0 Å². The molecular weight excluding hydrogens is 184 g/mol. The number of rotatable bonds is 5. The number of allylic oxidation sites excluding steroid dienone is 2. The fourth-order valence-electron chi connectivity index (χ4n) is 1.54. The molecule has 1 aromatic carbocycles. The van der Waals surface area contributed by atoms with Gasteiger partial charge in [-0.15, -0.1) is 0 Å². The van der Waals surface area contributed by atoms with Gasteiger partial charge in [0.2, 0.25) is 0 Å². The van der Waals surface area contributed by atoms with Crippen molar-refractivity contribution in [3.63, 3.8) is 0 Å². The van der Waals surface area contributed by atoms with Gasteiger partial charge in [0, 0.05) is 0 Å². The van der Waals surface area contributed by atoms with Crippen LogP contribution in [0.4, 0.5) is 0 Å². The van der Waals surface area contributed by atoms with Crippen molar-refractivity contribution < 1.29 is 5.11 Å². The summed E-state index contributed by atoms with van der Waals surface area (Å²) in [6, 6.07) is 8.47. The molecule has 0 saturated heterocycles. The number of hydrogen-bond donors (Lipinski definition) is 1. The third-order valence-corrected chi connectivity index (χ3v) is 2.31. The van der Waals surface area contributed by atoms with Crippen LogP contribution < -0.4 is 0 Å². The predicted octanol–water partition coefficient (Wildman–Crippen LogP) is 3.12. The predicted molar refractivity (Wildman–Crippen MR) is 65.0 cm³/mol. The second-order valence-corrected chi connectivity index (χ2v) is 3.95. The molecule has 1 rings (SSSR count). The van der Waals surface area contributed by atoms with Crippen LogP contribution in [0, 0.1) is 0 Å². The maximum atomic E-state index is 9.24. The summed E-state index contributed by atoms with van der Waals surface area (Å²) >= 11 is 0. The molecule has 1 heteroatoms. The quantitative estimate of drug-likeness (QED) is 0.731. The van der Waals surface area contributed by atoms with Gasteiger partial charge in [0.1, 0.15) is 0 Å². The van der Waals surface area contributed by atoms with E-state index in [4.69, 9.17) is 0 Å². The first-order valence-corrected chi connectivity index (χ1v) is 5.63. The Morgan fingerprint density at radius 3 is 2.27 bits per heavy atom. The fourth-order valence-corrected chi connectivity index (χ4v) is 1.54. The van der Waals surface area contributed by atoms with E-state index in [2.05, 4.69) is 43.3 Å². The van der Waals surface area contributed by atoms with Gasteiger partial charge in [-0.3, -0.25) is 0 Å². The summed E-state index contributed by atoms with van der Waals surface area (Å²) in [6.45, 7) is 3.96. The molecule has 0 spiro atoms. The molecule has 0 aromatic heterocycles. The molecule has 0 aliphatic heterocycles. The van der Waals surface area contributed by atoms with Gasteiger partial charge in [0.05, 0.1) is 6.10 Å². The molecule has 0 heterocycles. The molecule has 0 saturated carbocycles. The van der Waals surface area contributed by atoms with E-state index in [1.807, 2.05) is 6.92 Å². The highest BCUT2D eigenvalue weighted by Gasteiger charge is 1.98. The first-order valence-electron chi connectivity index (χ1n) is 5.63. The first kappa shape index (κ1) is 12.0. The number of benzene rings is 1. The molecule has 15 heavy (non-hydrogen) atoms. The Morgan fingerprint density at radius 2 is 1.73 bits per heavy atom. The van der Waals surface area contributed by atoms with E-state index in [0.29, 0.717) is 0 Å². The summed E-state index contributed by atoms with van der Waals surface area (Å²) in [5.41, 5.74) is 2.53. The van der Waals surface area contributed by atoms with Crippen molar-refractivity contribution >= 4 is 0 Å². The normalized spacial score (nSPS) is 13.3. The molecule has 0 aliphatic carbocycles. The zero-order valence-electron chi connectivity index (χ0n) is 9.61. The molecule has 0 amide bonds. The zero-order valence-corrected chi connectivity index (χ0v) is 9.61. The average molecular weight is 204 g/mol. The van der Waals surface area contributed by atoms with Crippen LogP contribution >= 0.6 is 0 Å². The van der Waals surface area contributed by atoms with Crippen molar-refractivity contribution in [1.29, 1.82) is 0 Å². The van der Waals surface area contributed by atoms with Crippen molar-refractivity contribution in [2.45, 2.75) is 39.2 Å². The molecule has 1 atom stereocenters. The minimum absolute atomic E-state index is 0.254. The van der Waals surface area contributed by atoms with Gasteiger partial charge in [-0.05, 0) is 37.3 Å². The molecule has 0 bridgehead atoms. The van der Waals surface area contributed by atoms with E-state index in [1.165, 1.54) is 11.1 Å². The SMILES string of the molecule is CC/C=C/Cc1ccc(CC(C)O)cc1. The van der Waals surface area contributed by atoms with Crippen molar-refractivity contribution in [3.8, 4) is 0 Å². The Labute approximate surface area is 92.5 Å². The summed E-state index contributed by atoms with van der Waals surface area (Å²) < 4.78 is 0. The zero-order chi connectivity index (χ0) is 11.1. The van der Waals surface area contributed by atoms with E-state index in [-0.39, 0.29) is 6.10 Å². The third-order valence-electron chi connectivity index (χ3n) is 2.31. The Hall–Kier alpha value is -1.08. The van der Waals surface area contributed by atoms with E-state index < -0.39 is 0 Å². The maximum absolute atomic E-state index is 9.24. The molecule has 1 nitrogen and oxygen atoms in total. The molecule has 0 fully saturated rings. The van der Waals surface area contributed by atoms with Gasteiger partial charge in [0.15, 0.2) is 0 Å². The Morgan fingerprint density at radius 1 is 1.13 bits per heavy atom. The Balaban J connectivity index is 2.52. The highest BCUT2D eigenvalue weighted by molar-refractivity contribution is 5.24. The molecule has 82 valence electrons. The van der Waals surface area contributed by atoms with Crippen LogP contribution in [0.3, 0.4) is 0 Å². The van der Waals surface area contributed by atoms with Crippen LogP contribution in [-0.4, -0.2) is 11.2 Å². The third kappa shape index (κ3) is 4.80. The number of aliphatic hydroxyl groups excluding tert-OH is 1. The van der Waals surface area contributed by atoms with Crippen LogP contribution in [0.2, 0.25) is 0 Å². The van der Waals surface area contributed by atoms with E-state index in [9.17, 15) is 5.11 Å². The van der Waals surface area contributed by atoms with Crippen molar-refractivity contribution in [3.05, 3.63) is 47.5 Å². The highest BCUT2D eigenvalue weighted by atomic mass is 16.3. The Kier molecular flexibility index (Phi) is 5.13. The number of hydrogen-bond acceptors (Lipinski definition) is 1. The summed E-state index contributed by atoms with van der Waals surface area (Å²) in [7, 11) is 0. The van der Waals surface area contributed by atoms with Crippen LogP contribution in [0.15, 0.2) is 36.4 Å². The fraction of sp³-hybridized carbons (Fsp3) is 0.429. The molecule has 0 radical (unpaired) electrons. The lowest BCUT2D eigenvalue weighted by Gasteiger charge is -2.04. The molecule has 1 N–H and O–H groups in total. The first-order chi connectivity index (χ1) is 7.22. The number of aliphatic hydroxyl groups is 1. The van der Waals surface area contributed by atoms with Crippen LogP contribution in [0.1, 0.15) is 31.4 Å². The highest BCUT2D eigenvalue weighted by Crippen LogP contribution is 2.08. The largest absolute Gasteiger partial charge is 0.393 e. The maximum Gasteiger partial charge on any atom is 0.0552 e. The standard InChI is InChI=1S/C14H20O/c1-3-4-5-6-13-7-9-14(10-8-13)11-12(2)15/h4-5,7-10,12,15H,3,6,11H2,1-2H3/b5-4+. The topological polar surface area (TPSA) is 20.2 Å². The molecule has 1 aromatic rings. The van der Waals surface area contributed by atoms with Crippen molar-refractivity contribution in [2.24, 2.45) is 0 Å². The van der Waals surface area contributed by atoms with Gasteiger partial charge in [0.25, 0.3) is 0 Å². The second kappa shape index (κ2) is 6.41. The summed E-state index contributed by atoms with van der Waals surface area (Å²) in [4.78, 5) is 0. The average Bonchev–Trinajstić information content (AvgIpc) is 2.20. The lowest BCUT2D eigenvalue weighted by atomic mass is 10.0. The van der Waals surface area contributed by atoms with Crippen LogP contribution in [0.5, 0.6) is 0 Å². The van der Waals surface area contributed by atoms with Gasteiger partial charge >= 0.3 is 0 Å². The minimum Gasteiger partial charge on any atom is -0.393 e. The summed E-state index contributed by atoms with van der Waals surface area (Å²) in [5.74, 6) is 0. The minimum atomic E-state index is -0.254. The van der Waals surface area contributed by atoms with E-state index >= 15 is 0 Å². The van der Waals surface area contributed by atoms with Crippen molar-refractivity contribution in [1.82, 2.24) is 0 Å². The van der Waals surface area contributed by atoms with Gasteiger partial charge in [-0.25, -0.2) is 0 Å². The van der Waals surface area contributed by atoms with Gasteiger partial charge in [-0.1, -0.05) is 43.3 Å². The van der Waals surface area contributed by atoms with Crippen molar-refractivity contribution in [2.75, 3.05) is 0 Å². The van der Waals surface area contributed by atoms with E-state index in [1.54, 1.807) is 0 Å². The molecule has 1 unspecified atom stereocenters. The molecular formula is C14H20O. The summed E-state index contributed by atoms with van der Waals surface area (Å²) in [5, 5.41) is 9.24. The Bertz CT molecular complexity index is 296. The lowest BCUT2D eigenvalue weighted by molar-refractivity contribution is 0.195. The molecule has 0 aliphatic rings. The van der Waals surface area contributed by atoms with E-state index in [0.717, 1.165) is 19.3 Å². The van der Waals surface area contributed by atoms with Gasteiger partial charge < -0.3 is 5.11 Å². The van der Waals surface area contributed by atoms with Gasteiger partial charge in [-0.2, -0.15) is 0 Å². The second-order valence-electron chi connectivity index (χ2n) is 3.95. The lowest BCUT2D eigenvalue weighted by Crippen LogP contribution is -2.03. The summed E-state index contributed by atoms with van der Waals surface area (Å²) in [6.07, 6.45) is 6.97. The monoisotopic (exact) mass is 204 g/mol. The smallest absolute Gasteiger partial charge is 0.0552 e.